The molecule has 0 aromatic carbocycles. The van der Waals surface area contributed by atoms with Crippen LogP contribution in [-0.4, -0.2) is 35.6 Å². The lowest BCUT2D eigenvalue weighted by atomic mass is 10.2. The maximum Gasteiger partial charge on any atom is 0.419 e. The van der Waals surface area contributed by atoms with E-state index in [-0.39, 0.29) is 11.9 Å². The third-order valence-electron chi connectivity index (χ3n) is 3.27. The molecule has 3 nitrogen and oxygen atoms in total. The topological polar surface area (TPSA) is 28.2 Å². The molecule has 0 spiro atoms. The number of nitrogens with one attached hydrogen (secondary N) is 1. The van der Waals surface area contributed by atoms with Gasteiger partial charge in [-0.15, -0.1) is 0 Å². The van der Waals surface area contributed by atoms with E-state index in [0.29, 0.717) is 4.47 Å². The van der Waals surface area contributed by atoms with Crippen LogP contribution in [0.2, 0.25) is 0 Å². The normalized spacial score (nSPS) is 18.2. The second-order valence-corrected chi connectivity index (χ2v) is 6.02. The largest absolute Gasteiger partial charge is 0.419 e. The van der Waals surface area contributed by atoms with E-state index in [1.54, 1.807) is 0 Å². The van der Waals surface area contributed by atoms with Crippen molar-refractivity contribution in [3.05, 3.63) is 22.3 Å². The van der Waals surface area contributed by atoms with Gasteiger partial charge in [0.05, 0.1) is 5.56 Å². The predicted molar refractivity (Wildman–Crippen MR) is 75.7 cm³/mol. The van der Waals surface area contributed by atoms with Gasteiger partial charge in [0.15, 0.2) is 0 Å². The molecule has 1 saturated heterocycles. The molecular weight excluding hydrogens is 335 g/mol. The fourth-order valence-corrected chi connectivity index (χ4v) is 2.73. The van der Waals surface area contributed by atoms with Crippen molar-refractivity contribution < 1.29 is 13.2 Å². The summed E-state index contributed by atoms with van der Waals surface area (Å²) in [4.78, 5) is 6.12. The summed E-state index contributed by atoms with van der Waals surface area (Å²) in [7, 11) is 0. The highest BCUT2D eigenvalue weighted by molar-refractivity contribution is 9.10. The highest BCUT2D eigenvalue weighted by Crippen LogP contribution is 2.35. The van der Waals surface area contributed by atoms with Gasteiger partial charge in [-0.2, -0.15) is 13.2 Å². The SMILES string of the molecule is CC(CN1CCCC1)Nc1ncc(Br)cc1C(F)(F)F. The molecule has 20 heavy (non-hydrogen) atoms. The number of pyridine rings is 1. The summed E-state index contributed by atoms with van der Waals surface area (Å²) in [6, 6.07) is 0.973. The predicted octanol–water partition coefficient (Wildman–Crippen LogP) is 3.76. The average molecular weight is 352 g/mol. The molecule has 0 bridgehead atoms. The molecule has 0 radical (unpaired) electrons. The Bertz CT molecular complexity index is 459. The molecule has 1 aromatic rings. The molecule has 0 saturated carbocycles. The summed E-state index contributed by atoms with van der Waals surface area (Å²) in [5, 5.41) is 2.88. The summed E-state index contributed by atoms with van der Waals surface area (Å²) in [5.74, 6) is -0.104. The maximum atomic E-state index is 13.0. The van der Waals surface area contributed by atoms with Crippen molar-refractivity contribution in [3.8, 4) is 0 Å². The zero-order valence-electron chi connectivity index (χ0n) is 11.2. The number of aromatic nitrogens is 1. The van der Waals surface area contributed by atoms with Gasteiger partial charge in [0.25, 0.3) is 0 Å². The molecule has 2 heterocycles. The van der Waals surface area contributed by atoms with Crippen molar-refractivity contribution in [2.75, 3.05) is 25.0 Å². The van der Waals surface area contributed by atoms with Crippen molar-refractivity contribution in [3.63, 3.8) is 0 Å². The highest BCUT2D eigenvalue weighted by Gasteiger charge is 2.35. The Hall–Kier alpha value is -0.820. The Labute approximate surface area is 124 Å². The Balaban J connectivity index is 2.08. The second kappa shape index (κ2) is 6.30. The summed E-state index contributed by atoms with van der Waals surface area (Å²) >= 11 is 3.03. The van der Waals surface area contributed by atoms with E-state index in [4.69, 9.17) is 0 Å². The quantitative estimate of drug-likeness (QED) is 0.895. The van der Waals surface area contributed by atoms with Gasteiger partial charge in [0.1, 0.15) is 5.82 Å². The van der Waals surface area contributed by atoms with E-state index in [1.165, 1.54) is 6.20 Å². The highest BCUT2D eigenvalue weighted by atomic mass is 79.9. The number of hydrogen-bond acceptors (Lipinski definition) is 3. The van der Waals surface area contributed by atoms with E-state index in [2.05, 4.69) is 31.1 Å². The third kappa shape index (κ3) is 4.09. The van der Waals surface area contributed by atoms with Gasteiger partial charge >= 0.3 is 6.18 Å². The molecule has 1 N–H and O–H groups in total. The molecule has 7 heteroatoms. The number of likely N-dealkylation sites (tertiary alicyclic amines) is 1. The first-order valence-electron chi connectivity index (χ1n) is 6.58. The Kier molecular flexibility index (Phi) is 4.90. The fraction of sp³-hybridized carbons (Fsp3) is 0.615. The van der Waals surface area contributed by atoms with Crippen LogP contribution in [0.1, 0.15) is 25.3 Å². The van der Waals surface area contributed by atoms with Crippen LogP contribution in [0.25, 0.3) is 0 Å². The molecule has 0 amide bonds. The lowest BCUT2D eigenvalue weighted by Gasteiger charge is -2.23. The van der Waals surface area contributed by atoms with E-state index < -0.39 is 11.7 Å². The van der Waals surface area contributed by atoms with Gasteiger partial charge in [-0.3, -0.25) is 0 Å². The summed E-state index contributed by atoms with van der Waals surface area (Å²) in [6.45, 7) is 4.65. The lowest BCUT2D eigenvalue weighted by Crippen LogP contribution is -2.33. The first-order valence-corrected chi connectivity index (χ1v) is 7.37. The summed E-state index contributed by atoms with van der Waals surface area (Å²) < 4.78 is 39.2. The average Bonchev–Trinajstić information content (AvgIpc) is 2.82. The summed E-state index contributed by atoms with van der Waals surface area (Å²) in [5.41, 5.74) is -0.736. The molecule has 1 atom stereocenters. The van der Waals surface area contributed by atoms with E-state index >= 15 is 0 Å². The minimum atomic E-state index is -4.41. The number of anilines is 1. The maximum absolute atomic E-state index is 13.0. The Morgan fingerprint density at radius 3 is 2.65 bits per heavy atom. The molecular formula is C13H17BrF3N3. The molecule has 2 rings (SSSR count). The number of halogens is 4. The smallest absolute Gasteiger partial charge is 0.366 e. The number of rotatable bonds is 4. The zero-order chi connectivity index (χ0) is 14.8. The van der Waals surface area contributed by atoms with Gasteiger partial charge in [0.2, 0.25) is 0 Å². The number of alkyl halides is 3. The van der Waals surface area contributed by atoms with Crippen molar-refractivity contribution in [1.82, 2.24) is 9.88 Å². The Morgan fingerprint density at radius 1 is 1.40 bits per heavy atom. The van der Waals surface area contributed by atoms with Crippen LogP contribution in [0.3, 0.4) is 0 Å². The van der Waals surface area contributed by atoms with Crippen LogP contribution in [0.15, 0.2) is 16.7 Å². The van der Waals surface area contributed by atoms with Gasteiger partial charge in [-0.05, 0) is 54.9 Å². The first kappa shape index (κ1) is 15.6. The van der Waals surface area contributed by atoms with Crippen LogP contribution in [-0.2, 0) is 6.18 Å². The Morgan fingerprint density at radius 2 is 2.05 bits per heavy atom. The van der Waals surface area contributed by atoms with Gasteiger partial charge in [0, 0.05) is 23.3 Å². The number of nitrogens with zero attached hydrogens (tertiary/aromatic N) is 2. The second-order valence-electron chi connectivity index (χ2n) is 5.10. The molecule has 1 aliphatic rings. The van der Waals surface area contributed by atoms with Gasteiger partial charge in [-0.1, -0.05) is 0 Å². The van der Waals surface area contributed by atoms with Crippen molar-refractivity contribution >= 4 is 21.7 Å². The van der Waals surface area contributed by atoms with E-state index in [9.17, 15) is 13.2 Å². The minimum Gasteiger partial charge on any atom is -0.366 e. The first-order chi connectivity index (χ1) is 9.36. The zero-order valence-corrected chi connectivity index (χ0v) is 12.8. The van der Waals surface area contributed by atoms with Crippen molar-refractivity contribution in [1.29, 1.82) is 0 Å². The standard InChI is InChI=1S/C13H17BrF3N3/c1-9(8-20-4-2-3-5-20)19-12-11(13(15,16)17)6-10(14)7-18-12/h6-7,9H,2-5,8H2,1H3,(H,18,19). The van der Waals surface area contributed by atoms with Crippen LogP contribution >= 0.6 is 15.9 Å². The van der Waals surface area contributed by atoms with Gasteiger partial charge in [-0.25, -0.2) is 4.98 Å². The van der Waals surface area contributed by atoms with Crippen LogP contribution < -0.4 is 5.32 Å². The van der Waals surface area contributed by atoms with E-state index in [1.807, 2.05) is 6.92 Å². The lowest BCUT2D eigenvalue weighted by molar-refractivity contribution is -0.137. The number of hydrogen-bond donors (Lipinski definition) is 1. The van der Waals surface area contributed by atoms with Crippen LogP contribution in [0.4, 0.5) is 19.0 Å². The fourth-order valence-electron chi connectivity index (χ4n) is 2.40. The van der Waals surface area contributed by atoms with E-state index in [0.717, 1.165) is 38.5 Å². The third-order valence-corrected chi connectivity index (χ3v) is 3.71. The molecule has 1 fully saturated rings. The molecule has 1 aliphatic heterocycles. The molecule has 0 aliphatic carbocycles. The van der Waals surface area contributed by atoms with Crippen molar-refractivity contribution in [2.24, 2.45) is 0 Å². The molecule has 112 valence electrons. The molecule has 1 unspecified atom stereocenters. The molecule has 1 aromatic heterocycles. The van der Waals surface area contributed by atoms with Gasteiger partial charge < -0.3 is 10.2 Å². The van der Waals surface area contributed by atoms with Crippen LogP contribution in [0, 0.1) is 0 Å². The monoisotopic (exact) mass is 351 g/mol. The van der Waals surface area contributed by atoms with Crippen molar-refractivity contribution in [2.45, 2.75) is 32.0 Å². The minimum absolute atomic E-state index is 0.0807. The van der Waals surface area contributed by atoms with Crippen LogP contribution in [0.5, 0.6) is 0 Å². The summed E-state index contributed by atoms with van der Waals surface area (Å²) in [6.07, 6.45) is -0.708.